The number of alkyl halides is 1. The molecule has 0 aliphatic heterocycles. The van der Waals surface area contributed by atoms with Crippen molar-refractivity contribution < 1.29 is 9.50 Å². The summed E-state index contributed by atoms with van der Waals surface area (Å²) in [5.41, 5.74) is -0.855. The van der Waals surface area contributed by atoms with Gasteiger partial charge in [0, 0.05) is 12.3 Å². The molecule has 0 aliphatic rings. The molecule has 18 heavy (non-hydrogen) atoms. The number of thioether (sulfide) groups is 1. The molecular formula is C9H14FN3O4S. The summed E-state index contributed by atoms with van der Waals surface area (Å²) in [6, 6.07) is 0.335. The SMILES string of the molecule is CSC(CO)[C@H](CF)N=O.O=c1cc[nH]c(=O)[nH]1. The number of halogens is 1. The average Bonchev–Trinajstić information content (AvgIpc) is 2.36. The number of nitrogens with zero attached hydrogens (tertiary/aromatic N) is 1. The van der Waals surface area contributed by atoms with Gasteiger partial charge in [0.2, 0.25) is 0 Å². The van der Waals surface area contributed by atoms with E-state index in [-0.39, 0.29) is 12.2 Å². The number of hydrogen-bond acceptors (Lipinski definition) is 6. The van der Waals surface area contributed by atoms with Crippen LogP contribution in [0.5, 0.6) is 0 Å². The molecule has 0 aromatic carbocycles. The first-order valence-electron chi connectivity index (χ1n) is 4.89. The lowest BCUT2D eigenvalue weighted by Gasteiger charge is -2.12. The van der Waals surface area contributed by atoms with Crippen LogP contribution in [-0.4, -0.2) is 45.9 Å². The van der Waals surface area contributed by atoms with Crippen LogP contribution in [-0.2, 0) is 0 Å². The van der Waals surface area contributed by atoms with Gasteiger partial charge in [-0.25, -0.2) is 9.18 Å². The van der Waals surface area contributed by atoms with Crippen molar-refractivity contribution in [2.24, 2.45) is 5.18 Å². The maximum Gasteiger partial charge on any atom is 0.325 e. The first-order valence-corrected chi connectivity index (χ1v) is 6.17. The topological polar surface area (TPSA) is 115 Å². The van der Waals surface area contributed by atoms with E-state index in [1.54, 1.807) is 6.26 Å². The Bertz CT molecular complexity index is 420. The van der Waals surface area contributed by atoms with E-state index in [2.05, 4.69) is 10.2 Å². The lowest BCUT2D eigenvalue weighted by Crippen LogP contribution is -2.26. The summed E-state index contributed by atoms with van der Waals surface area (Å²) in [6.45, 7) is -1.00. The second-order valence-corrected chi connectivity index (χ2v) is 4.16. The summed E-state index contributed by atoms with van der Waals surface area (Å²) < 4.78 is 11.9. The van der Waals surface area contributed by atoms with E-state index >= 15 is 0 Å². The fourth-order valence-corrected chi connectivity index (χ4v) is 1.52. The third-order valence-electron chi connectivity index (χ3n) is 1.89. The third kappa shape index (κ3) is 6.30. The van der Waals surface area contributed by atoms with E-state index in [0.29, 0.717) is 0 Å². The Balaban J connectivity index is 0.000000327. The van der Waals surface area contributed by atoms with Gasteiger partial charge in [-0.2, -0.15) is 16.7 Å². The van der Waals surface area contributed by atoms with Crippen molar-refractivity contribution in [2.45, 2.75) is 11.3 Å². The fraction of sp³-hybridized carbons (Fsp3) is 0.556. The van der Waals surface area contributed by atoms with Crippen LogP contribution in [0.3, 0.4) is 0 Å². The fourth-order valence-electron chi connectivity index (χ4n) is 0.931. The Morgan fingerprint density at radius 2 is 2.22 bits per heavy atom. The summed E-state index contributed by atoms with van der Waals surface area (Å²) in [7, 11) is 0. The molecule has 1 aromatic rings. The van der Waals surface area contributed by atoms with Gasteiger partial charge in [-0.3, -0.25) is 9.78 Å². The number of hydrogen-bond donors (Lipinski definition) is 3. The average molecular weight is 279 g/mol. The van der Waals surface area contributed by atoms with Crippen molar-refractivity contribution in [3.63, 3.8) is 0 Å². The van der Waals surface area contributed by atoms with Gasteiger partial charge in [0.05, 0.1) is 11.9 Å². The van der Waals surface area contributed by atoms with Crippen LogP contribution >= 0.6 is 11.8 Å². The van der Waals surface area contributed by atoms with Crippen molar-refractivity contribution in [3.8, 4) is 0 Å². The predicted octanol–water partition coefficient (Wildman–Crippen LogP) is -0.122. The van der Waals surface area contributed by atoms with Gasteiger partial charge in [0.25, 0.3) is 5.56 Å². The van der Waals surface area contributed by atoms with E-state index in [4.69, 9.17) is 5.11 Å². The maximum atomic E-state index is 11.9. The summed E-state index contributed by atoms with van der Waals surface area (Å²) in [6.07, 6.45) is 3.00. The normalized spacial score (nSPS) is 13.1. The van der Waals surface area contributed by atoms with Gasteiger partial charge >= 0.3 is 5.69 Å². The van der Waals surface area contributed by atoms with Crippen molar-refractivity contribution in [3.05, 3.63) is 38.0 Å². The minimum Gasteiger partial charge on any atom is -0.395 e. The summed E-state index contributed by atoms with van der Waals surface area (Å²) >= 11 is 1.24. The quantitative estimate of drug-likeness (QED) is 0.650. The Labute approximate surface area is 106 Å². The van der Waals surface area contributed by atoms with Crippen molar-refractivity contribution in [1.82, 2.24) is 9.97 Å². The maximum absolute atomic E-state index is 11.9. The largest absolute Gasteiger partial charge is 0.395 e. The monoisotopic (exact) mass is 279 g/mol. The molecule has 0 radical (unpaired) electrons. The zero-order valence-corrected chi connectivity index (χ0v) is 10.4. The minimum absolute atomic E-state index is 0.207. The molecule has 3 N–H and O–H groups in total. The van der Waals surface area contributed by atoms with Crippen molar-refractivity contribution >= 4 is 11.8 Å². The Morgan fingerprint density at radius 3 is 2.44 bits per heavy atom. The zero-order chi connectivity index (χ0) is 14.0. The lowest BCUT2D eigenvalue weighted by molar-refractivity contribution is 0.270. The van der Waals surface area contributed by atoms with Gasteiger partial charge < -0.3 is 10.1 Å². The molecule has 0 fully saturated rings. The number of nitrogens with one attached hydrogen (secondary N) is 2. The molecule has 102 valence electrons. The van der Waals surface area contributed by atoms with E-state index in [1.165, 1.54) is 24.0 Å². The number of aliphatic hydroxyl groups is 1. The zero-order valence-electron chi connectivity index (χ0n) is 9.63. The van der Waals surface area contributed by atoms with Crippen LogP contribution in [0.4, 0.5) is 4.39 Å². The van der Waals surface area contributed by atoms with Crippen LogP contribution < -0.4 is 11.2 Å². The van der Waals surface area contributed by atoms with Crippen LogP contribution in [0.15, 0.2) is 27.0 Å². The molecule has 1 aromatic heterocycles. The van der Waals surface area contributed by atoms with Crippen LogP contribution in [0.2, 0.25) is 0 Å². The molecule has 7 nitrogen and oxygen atoms in total. The van der Waals surface area contributed by atoms with Gasteiger partial charge in [0.1, 0.15) is 12.7 Å². The van der Waals surface area contributed by atoms with Crippen LogP contribution in [0, 0.1) is 4.91 Å². The molecule has 0 saturated heterocycles. The van der Waals surface area contributed by atoms with Gasteiger partial charge in [-0.05, 0) is 6.26 Å². The molecule has 9 heteroatoms. The van der Waals surface area contributed by atoms with Crippen molar-refractivity contribution in [1.29, 1.82) is 0 Å². The van der Waals surface area contributed by atoms with E-state index in [0.717, 1.165) is 0 Å². The Kier molecular flexibility index (Phi) is 8.76. The molecule has 1 rings (SSSR count). The first-order chi connectivity index (χ1) is 8.58. The molecule has 0 bridgehead atoms. The smallest absolute Gasteiger partial charge is 0.325 e. The van der Waals surface area contributed by atoms with Crippen LogP contribution in [0.1, 0.15) is 0 Å². The molecule has 2 atom stereocenters. The molecule has 1 heterocycles. The predicted molar refractivity (Wildman–Crippen MR) is 67.6 cm³/mol. The summed E-state index contributed by atoms with van der Waals surface area (Å²) in [5, 5.41) is 10.7. The standard InChI is InChI=1S/C5H10FNO2S.C4H4N2O2/c1-10-5(3-8)4(2-6)7-9;7-3-1-2-5-4(8)6-3/h4-5,8H,2-3H2,1H3;1-2H,(H2,5,6,7,8)/t4-,5?;/m0./s1. The summed E-state index contributed by atoms with van der Waals surface area (Å²) in [4.78, 5) is 34.5. The van der Waals surface area contributed by atoms with Gasteiger partial charge in [0.15, 0.2) is 0 Å². The van der Waals surface area contributed by atoms with E-state index < -0.39 is 23.7 Å². The highest BCUT2D eigenvalue weighted by Gasteiger charge is 2.20. The number of rotatable bonds is 5. The number of aliphatic hydroxyl groups excluding tert-OH is 1. The molecule has 0 saturated carbocycles. The van der Waals surface area contributed by atoms with E-state index in [1.807, 2.05) is 4.98 Å². The number of aromatic nitrogens is 2. The third-order valence-corrected chi connectivity index (χ3v) is 2.96. The second-order valence-electron chi connectivity index (χ2n) is 3.08. The molecule has 0 amide bonds. The van der Waals surface area contributed by atoms with Gasteiger partial charge in [-0.15, -0.1) is 0 Å². The Hall–Kier alpha value is -1.48. The second kappa shape index (κ2) is 9.54. The molecule has 0 aliphatic carbocycles. The lowest BCUT2D eigenvalue weighted by atomic mass is 10.2. The highest BCUT2D eigenvalue weighted by Crippen LogP contribution is 2.13. The highest BCUT2D eigenvalue weighted by atomic mass is 32.2. The molecule has 1 unspecified atom stereocenters. The Morgan fingerprint density at radius 1 is 1.56 bits per heavy atom. The highest BCUT2D eigenvalue weighted by molar-refractivity contribution is 7.99. The summed E-state index contributed by atoms with van der Waals surface area (Å²) in [5.74, 6) is 0. The van der Waals surface area contributed by atoms with E-state index in [9.17, 15) is 18.9 Å². The van der Waals surface area contributed by atoms with Gasteiger partial charge in [-0.1, -0.05) is 5.18 Å². The first kappa shape index (κ1) is 16.5. The van der Waals surface area contributed by atoms with Crippen LogP contribution in [0.25, 0.3) is 0 Å². The number of H-pyrrole nitrogens is 2. The number of aromatic amines is 2. The molecule has 0 spiro atoms. The minimum atomic E-state index is -0.903. The van der Waals surface area contributed by atoms with Crippen molar-refractivity contribution in [2.75, 3.05) is 19.5 Å². The number of nitroso groups, excluding NO2 is 1. The molecular weight excluding hydrogens is 265 g/mol.